The van der Waals surface area contributed by atoms with Crippen LogP contribution in [-0.4, -0.2) is 11.6 Å². The average Bonchev–Trinajstić information content (AvgIpc) is 2.35. The quantitative estimate of drug-likeness (QED) is 0.697. The van der Waals surface area contributed by atoms with E-state index in [9.17, 15) is 18.0 Å². The van der Waals surface area contributed by atoms with Gasteiger partial charge in [0.2, 0.25) is 12.3 Å². The third-order valence-electron chi connectivity index (χ3n) is 1.00. The van der Waals surface area contributed by atoms with Gasteiger partial charge < -0.3 is 4.52 Å². The third kappa shape index (κ3) is 1.74. The Morgan fingerprint density at radius 2 is 2.25 bits per heavy atom. The van der Waals surface area contributed by atoms with Gasteiger partial charge in [0.05, 0.1) is 0 Å². The minimum Gasteiger partial charge on any atom is -0.338 e. The molecule has 0 saturated carbocycles. The summed E-state index contributed by atoms with van der Waals surface area (Å²) in [6, 6.07) is 0.592. The molecule has 0 aromatic carbocycles. The first-order valence-corrected chi connectivity index (χ1v) is 2.78. The van der Waals surface area contributed by atoms with E-state index in [4.69, 9.17) is 0 Å². The van der Waals surface area contributed by atoms with Gasteiger partial charge in [0.1, 0.15) is 0 Å². The van der Waals surface area contributed by atoms with Crippen LogP contribution in [0.2, 0.25) is 0 Å². The van der Waals surface area contributed by atoms with E-state index in [0.717, 1.165) is 0 Å². The Morgan fingerprint density at radius 1 is 1.58 bits per heavy atom. The lowest BCUT2D eigenvalue weighted by Crippen LogP contribution is -2.04. The Kier molecular flexibility index (Phi) is 2.03. The van der Waals surface area contributed by atoms with Crippen LogP contribution in [0.1, 0.15) is 5.69 Å². The lowest BCUT2D eigenvalue weighted by Gasteiger charge is -1.97. The molecule has 1 aromatic heterocycles. The smallest absolute Gasteiger partial charge is 0.338 e. The Labute approximate surface area is 64.3 Å². The molecule has 1 heterocycles. The van der Waals surface area contributed by atoms with E-state index in [-0.39, 0.29) is 12.3 Å². The number of nitrogens with one attached hydrogen (secondary N) is 1. The SMILES string of the molecule is O=CNc1cc(C(F)(F)F)no1. The summed E-state index contributed by atoms with van der Waals surface area (Å²) in [6.07, 6.45) is -4.35. The molecule has 0 aliphatic carbocycles. The molecule has 1 rings (SSSR count). The Morgan fingerprint density at radius 3 is 2.67 bits per heavy atom. The molecule has 66 valence electrons. The van der Waals surface area contributed by atoms with E-state index >= 15 is 0 Å². The maximum absolute atomic E-state index is 11.8. The van der Waals surface area contributed by atoms with Crippen molar-refractivity contribution in [2.45, 2.75) is 6.18 Å². The Bertz CT molecular complexity index is 280. The highest BCUT2D eigenvalue weighted by molar-refractivity contribution is 5.67. The number of hydrogen-bond donors (Lipinski definition) is 1. The molecule has 0 bridgehead atoms. The molecule has 12 heavy (non-hydrogen) atoms. The van der Waals surface area contributed by atoms with Gasteiger partial charge in [-0.1, -0.05) is 5.16 Å². The summed E-state index contributed by atoms with van der Waals surface area (Å²) in [6.45, 7) is 0. The molecule has 0 aliphatic heterocycles. The molecule has 1 aromatic rings. The normalized spacial score (nSPS) is 11.2. The number of nitrogens with zero attached hydrogens (tertiary/aromatic N) is 1. The summed E-state index contributed by atoms with van der Waals surface area (Å²) in [7, 11) is 0. The van der Waals surface area contributed by atoms with E-state index in [1.54, 1.807) is 0 Å². The predicted octanol–water partition coefficient (Wildman–Crippen LogP) is 1.26. The maximum Gasteiger partial charge on any atom is 0.436 e. The molecule has 7 heteroatoms. The first-order valence-electron chi connectivity index (χ1n) is 2.78. The van der Waals surface area contributed by atoms with Crippen LogP contribution in [0.3, 0.4) is 0 Å². The first-order chi connectivity index (χ1) is 5.54. The van der Waals surface area contributed by atoms with Crippen LogP contribution in [0.5, 0.6) is 0 Å². The highest BCUT2D eigenvalue weighted by atomic mass is 19.4. The molecule has 0 saturated heterocycles. The number of anilines is 1. The van der Waals surface area contributed by atoms with Crippen molar-refractivity contribution in [1.82, 2.24) is 5.16 Å². The molecule has 0 fully saturated rings. The van der Waals surface area contributed by atoms with E-state index in [1.807, 2.05) is 5.32 Å². The Hall–Kier alpha value is -1.53. The zero-order valence-corrected chi connectivity index (χ0v) is 5.55. The minimum atomic E-state index is -4.55. The van der Waals surface area contributed by atoms with Crippen molar-refractivity contribution >= 4 is 12.3 Å². The zero-order chi connectivity index (χ0) is 9.19. The Balaban J connectivity index is 2.84. The van der Waals surface area contributed by atoms with Gasteiger partial charge in [0, 0.05) is 6.07 Å². The number of halogens is 3. The van der Waals surface area contributed by atoms with Crippen LogP contribution < -0.4 is 5.32 Å². The number of carbonyl (C=O) groups is 1. The van der Waals surface area contributed by atoms with E-state index in [1.165, 1.54) is 0 Å². The maximum atomic E-state index is 11.8. The van der Waals surface area contributed by atoms with Crippen molar-refractivity contribution in [2.24, 2.45) is 0 Å². The number of aromatic nitrogens is 1. The lowest BCUT2D eigenvalue weighted by atomic mass is 10.4. The van der Waals surface area contributed by atoms with E-state index in [0.29, 0.717) is 6.07 Å². The minimum absolute atomic E-state index is 0.195. The molecule has 0 spiro atoms. The fraction of sp³-hybridized carbons (Fsp3) is 0.200. The summed E-state index contributed by atoms with van der Waals surface area (Å²) in [5.41, 5.74) is -1.17. The molecular formula is C5H3F3N2O2. The van der Waals surface area contributed by atoms with Crippen LogP contribution in [-0.2, 0) is 11.0 Å². The predicted molar refractivity (Wildman–Crippen MR) is 31.2 cm³/mol. The number of alkyl halides is 3. The van der Waals surface area contributed by atoms with Crippen molar-refractivity contribution in [2.75, 3.05) is 5.32 Å². The molecule has 4 nitrogen and oxygen atoms in total. The van der Waals surface area contributed by atoms with E-state index in [2.05, 4.69) is 9.68 Å². The van der Waals surface area contributed by atoms with Crippen molar-refractivity contribution in [3.63, 3.8) is 0 Å². The van der Waals surface area contributed by atoms with Crippen molar-refractivity contribution in [3.8, 4) is 0 Å². The number of amides is 1. The van der Waals surface area contributed by atoms with Gasteiger partial charge in [0.25, 0.3) is 0 Å². The highest BCUT2D eigenvalue weighted by Gasteiger charge is 2.34. The second-order valence-electron chi connectivity index (χ2n) is 1.84. The summed E-state index contributed by atoms with van der Waals surface area (Å²) in [5, 5.41) is 4.57. The number of carbonyl (C=O) groups excluding carboxylic acids is 1. The number of rotatable bonds is 2. The van der Waals surface area contributed by atoms with Crippen LogP contribution in [0, 0.1) is 0 Å². The average molecular weight is 180 g/mol. The van der Waals surface area contributed by atoms with Gasteiger partial charge in [-0.3, -0.25) is 10.1 Å². The molecule has 0 atom stereocenters. The molecule has 0 radical (unpaired) electrons. The van der Waals surface area contributed by atoms with Gasteiger partial charge >= 0.3 is 6.18 Å². The summed E-state index contributed by atoms with van der Waals surface area (Å²) in [5.74, 6) is -0.336. The van der Waals surface area contributed by atoms with Crippen LogP contribution in [0.4, 0.5) is 19.1 Å². The highest BCUT2D eigenvalue weighted by Crippen LogP contribution is 2.29. The summed E-state index contributed by atoms with van der Waals surface area (Å²) < 4.78 is 39.5. The zero-order valence-electron chi connectivity index (χ0n) is 5.55. The van der Waals surface area contributed by atoms with Crippen molar-refractivity contribution in [1.29, 1.82) is 0 Å². The molecule has 1 N–H and O–H groups in total. The van der Waals surface area contributed by atoms with Crippen LogP contribution >= 0.6 is 0 Å². The molecular weight excluding hydrogens is 177 g/mol. The van der Waals surface area contributed by atoms with Gasteiger partial charge in [-0.15, -0.1) is 0 Å². The fourth-order valence-corrected chi connectivity index (χ4v) is 0.535. The lowest BCUT2D eigenvalue weighted by molar-refractivity contribution is -0.142. The van der Waals surface area contributed by atoms with Gasteiger partial charge in [-0.05, 0) is 0 Å². The van der Waals surface area contributed by atoms with E-state index < -0.39 is 11.9 Å². The van der Waals surface area contributed by atoms with Crippen LogP contribution in [0.25, 0.3) is 0 Å². The summed E-state index contributed by atoms with van der Waals surface area (Å²) >= 11 is 0. The third-order valence-corrected chi connectivity index (χ3v) is 1.00. The van der Waals surface area contributed by atoms with Gasteiger partial charge in [-0.2, -0.15) is 13.2 Å². The van der Waals surface area contributed by atoms with Gasteiger partial charge in [-0.25, -0.2) is 0 Å². The van der Waals surface area contributed by atoms with Crippen molar-refractivity contribution < 1.29 is 22.5 Å². The second kappa shape index (κ2) is 2.84. The largest absolute Gasteiger partial charge is 0.436 e. The fourth-order valence-electron chi connectivity index (χ4n) is 0.535. The van der Waals surface area contributed by atoms with Crippen molar-refractivity contribution in [3.05, 3.63) is 11.8 Å². The first kappa shape index (κ1) is 8.57. The molecule has 0 unspecified atom stereocenters. The molecule has 1 amide bonds. The molecule has 0 aliphatic rings. The standard InChI is InChI=1S/C5H3F3N2O2/c6-5(7,8)3-1-4(9-2-11)12-10-3/h1-2H,(H,9,11). The van der Waals surface area contributed by atoms with Crippen LogP contribution in [0.15, 0.2) is 10.6 Å². The number of hydrogen-bond acceptors (Lipinski definition) is 3. The monoisotopic (exact) mass is 180 g/mol. The summed E-state index contributed by atoms with van der Waals surface area (Å²) in [4.78, 5) is 9.75. The van der Waals surface area contributed by atoms with Gasteiger partial charge in [0.15, 0.2) is 5.69 Å². The topological polar surface area (TPSA) is 55.1 Å². The second-order valence-corrected chi connectivity index (χ2v) is 1.84.